The summed E-state index contributed by atoms with van der Waals surface area (Å²) < 4.78 is 14.6. The van der Waals surface area contributed by atoms with Crippen molar-refractivity contribution in [2.24, 2.45) is 11.8 Å². The van der Waals surface area contributed by atoms with E-state index in [9.17, 15) is 18.8 Å². The van der Waals surface area contributed by atoms with Crippen molar-refractivity contribution < 1.29 is 18.8 Å². The third-order valence-corrected chi connectivity index (χ3v) is 7.87. The Hall–Kier alpha value is -2.77. The summed E-state index contributed by atoms with van der Waals surface area (Å²) in [5.41, 5.74) is 0.663. The lowest BCUT2D eigenvalue weighted by Gasteiger charge is -2.36. The van der Waals surface area contributed by atoms with Gasteiger partial charge < -0.3 is 5.32 Å². The zero-order valence-corrected chi connectivity index (χ0v) is 17.4. The summed E-state index contributed by atoms with van der Waals surface area (Å²) in [6.07, 6.45) is 1.54. The molecule has 4 aliphatic rings. The number of nitrogens with one attached hydrogen (secondary N) is 1. The number of hydrogen-bond acceptors (Lipinski definition) is 4. The number of amides is 3. The molecule has 0 aliphatic carbocycles. The molecule has 0 saturated carbocycles. The van der Waals surface area contributed by atoms with Crippen molar-refractivity contribution in [3.05, 3.63) is 58.4 Å². The molecule has 2 aromatic carbocycles. The molecule has 2 aromatic rings. The normalized spacial score (nSPS) is 31.4. The van der Waals surface area contributed by atoms with Crippen molar-refractivity contribution in [2.45, 2.75) is 31.3 Å². The van der Waals surface area contributed by atoms with Crippen molar-refractivity contribution in [2.75, 3.05) is 16.8 Å². The van der Waals surface area contributed by atoms with Gasteiger partial charge in [-0.05, 0) is 50.1 Å². The minimum Gasteiger partial charge on any atom is -0.324 e. The number of carbonyl (C=O) groups is 3. The minimum absolute atomic E-state index is 0.0579. The molecule has 1 spiro atoms. The fourth-order valence-electron chi connectivity index (χ4n) is 6.26. The number of benzene rings is 2. The zero-order valence-electron chi connectivity index (χ0n) is 16.7. The Morgan fingerprint density at radius 2 is 1.90 bits per heavy atom. The molecular weight excluding hydrogens is 421 g/mol. The Bertz CT molecular complexity index is 1200. The van der Waals surface area contributed by atoms with E-state index in [0.29, 0.717) is 29.2 Å². The molecule has 4 aliphatic heterocycles. The molecule has 3 fully saturated rings. The molecule has 3 saturated heterocycles. The highest BCUT2D eigenvalue weighted by molar-refractivity contribution is 6.32. The molecule has 4 heterocycles. The number of imide groups is 1. The molecule has 31 heavy (non-hydrogen) atoms. The summed E-state index contributed by atoms with van der Waals surface area (Å²) in [5.74, 6) is -3.51. The number of para-hydroxylation sites is 1. The molecule has 0 bridgehead atoms. The van der Waals surface area contributed by atoms with Gasteiger partial charge in [0.2, 0.25) is 17.7 Å². The smallest absolute Gasteiger partial charge is 0.250 e. The summed E-state index contributed by atoms with van der Waals surface area (Å²) >= 11 is 6.29. The van der Waals surface area contributed by atoms with Gasteiger partial charge in [-0.25, -0.2) is 9.29 Å². The maximum Gasteiger partial charge on any atom is 0.250 e. The maximum absolute atomic E-state index is 14.6. The minimum atomic E-state index is -1.29. The van der Waals surface area contributed by atoms with E-state index < -0.39 is 35.0 Å². The summed E-state index contributed by atoms with van der Waals surface area (Å²) in [6, 6.07) is 9.02. The lowest BCUT2D eigenvalue weighted by atomic mass is 9.75. The van der Waals surface area contributed by atoms with Gasteiger partial charge in [0.05, 0.1) is 23.2 Å². The highest BCUT2D eigenvalue weighted by Crippen LogP contribution is 2.61. The van der Waals surface area contributed by atoms with E-state index in [4.69, 9.17) is 11.6 Å². The Labute approximate surface area is 183 Å². The fourth-order valence-corrected chi connectivity index (χ4v) is 6.42. The van der Waals surface area contributed by atoms with Gasteiger partial charge in [0.1, 0.15) is 11.4 Å². The second-order valence-electron chi connectivity index (χ2n) is 8.69. The first-order valence-corrected chi connectivity index (χ1v) is 10.8. The van der Waals surface area contributed by atoms with Gasteiger partial charge in [0, 0.05) is 16.6 Å². The lowest BCUT2D eigenvalue weighted by molar-refractivity contribution is -0.135. The number of carbonyl (C=O) groups excluding carboxylic acids is 3. The van der Waals surface area contributed by atoms with Crippen molar-refractivity contribution >= 4 is 40.7 Å². The predicted molar refractivity (Wildman–Crippen MR) is 112 cm³/mol. The van der Waals surface area contributed by atoms with Crippen LogP contribution in [0.5, 0.6) is 0 Å². The Balaban J connectivity index is 1.59. The van der Waals surface area contributed by atoms with Crippen molar-refractivity contribution in [3.63, 3.8) is 0 Å². The summed E-state index contributed by atoms with van der Waals surface area (Å²) in [4.78, 5) is 43.9. The predicted octanol–water partition coefficient (Wildman–Crippen LogP) is 3.22. The first kappa shape index (κ1) is 19.0. The molecule has 0 aromatic heterocycles. The van der Waals surface area contributed by atoms with Gasteiger partial charge in [0.25, 0.3) is 0 Å². The Morgan fingerprint density at radius 3 is 2.68 bits per heavy atom. The van der Waals surface area contributed by atoms with Crippen LogP contribution in [0.2, 0.25) is 5.02 Å². The molecule has 6 rings (SSSR count). The molecule has 0 radical (unpaired) electrons. The SMILES string of the molecule is Cc1c(Cl)ccc2c1NC(=O)C21C2C(=O)N(c3ccccc3F)C(=O)C2C2CCCN21. The first-order chi connectivity index (χ1) is 14.9. The van der Waals surface area contributed by atoms with Crippen LogP contribution < -0.4 is 10.2 Å². The van der Waals surface area contributed by atoms with E-state index in [-0.39, 0.29) is 17.6 Å². The maximum atomic E-state index is 14.6. The van der Waals surface area contributed by atoms with Gasteiger partial charge in [-0.3, -0.25) is 19.3 Å². The van der Waals surface area contributed by atoms with E-state index in [1.807, 2.05) is 11.8 Å². The quantitative estimate of drug-likeness (QED) is 0.693. The van der Waals surface area contributed by atoms with Crippen LogP contribution in [0.25, 0.3) is 0 Å². The van der Waals surface area contributed by atoms with Gasteiger partial charge in [-0.15, -0.1) is 0 Å². The number of halogens is 2. The van der Waals surface area contributed by atoms with E-state index in [1.165, 1.54) is 18.2 Å². The van der Waals surface area contributed by atoms with Crippen molar-refractivity contribution in [1.82, 2.24) is 4.90 Å². The number of nitrogens with zero attached hydrogens (tertiary/aromatic N) is 2. The third kappa shape index (κ3) is 2.08. The van der Waals surface area contributed by atoms with Crippen LogP contribution in [0.1, 0.15) is 24.0 Å². The van der Waals surface area contributed by atoms with E-state index >= 15 is 0 Å². The number of fused-ring (bicyclic) bond motifs is 7. The highest BCUT2D eigenvalue weighted by Gasteiger charge is 2.74. The molecule has 3 amide bonds. The van der Waals surface area contributed by atoms with E-state index in [2.05, 4.69) is 5.32 Å². The van der Waals surface area contributed by atoms with E-state index in [1.54, 1.807) is 18.2 Å². The van der Waals surface area contributed by atoms with Crippen LogP contribution in [-0.4, -0.2) is 35.2 Å². The van der Waals surface area contributed by atoms with Crippen LogP contribution in [-0.2, 0) is 19.9 Å². The molecule has 4 unspecified atom stereocenters. The van der Waals surface area contributed by atoms with Crippen LogP contribution in [0.15, 0.2) is 36.4 Å². The third-order valence-electron chi connectivity index (χ3n) is 7.46. The largest absolute Gasteiger partial charge is 0.324 e. The summed E-state index contributed by atoms with van der Waals surface area (Å²) in [7, 11) is 0. The highest BCUT2D eigenvalue weighted by atomic mass is 35.5. The molecule has 1 N–H and O–H groups in total. The number of rotatable bonds is 1. The summed E-state index contributed by atoms with van der Waals surface area (Å²) in [5, 5.41) is 3.46. The van der Waals surface area contributed by atoms with E-state index in [0.717, 1.165) is 16.9 Å². The first-order valence-electron chi connectivity index (χ1n) is 10.4. The second-order valence-corrected chi connectivity index (χ2v) is 9.09. The molecule has 8 heteroatoms. The zero-order chi connectivity index (χ0) is 21.7. The van der Waals surface area contributed by atoms with Crippen LogP contribution in [0.4, 0.5) is 15.8 Å². The van der Waals surface area contributed by atoms with Gasteiger partial charge in [0.15, 0.2) is 0 Å². The van der Waals surface area contributed by atoms with Crippen LogP contribution in [0, 0.1) is 24.6 Å². The van der Waals surface area contributed by atoms with Crippen LogP contribution in [0.3, 0.4) is 0 Å². The fraction of sp³-hybridized carbons (Fsp3) is 0.348. The number of hydrogen-bond donors (Lipinski definition) is 1. The van der Waals surface area contributed by atoms with Crippen molar-refractivity contribution in [3.8, 4) is 0 Å². The monoisotopic (exact) mass is 439 g/mol. The number of anilines is 2. The van der Waals surface area contributed by atoms with Gasteiger partial charge in [-0.2, -0.15) is 0 Å². The summed E-state index contributed by atoms with van der Waals surface area (Å²) in [6.45, 7) is 2.44. The molecule has 4 atom stereocenters. The Morgan fingerprint density at radius 1 is 1.13 bits per heavy atom. The van der Waals surface area contributed by atoms with Crippen LogP contribution >= 0.6 is 11.6 Å². The second kappa shape index (κ2) is 6.14. The average Bonchev–Trinajstić information content (AvgIpc) is 3.45. The van der Waals surface area contributed by atoms with Crippen molar-refractivity contribution in [1.29, 1.82) is 0 Å². The standard InChI is InChI=1S/C23H19ClFN3O3/c1-11-13(24)9-8-12-19(11)26-22(31)23(12)18-17(16-7-4-10-27(16)23)20(29)28(21(18)30)15-6-3-2-5-14(15)25/h2-3,5-6,8-9,16-18H,4,7,10H2,1H3,(H,26,31). The van der Waals surface area contributed by atoms with Gasteiger partial charge in [-0.1, -0.05) is 29.8 Å². The molecule has 158 valence electrons. The average molecular weight is 440 g/mol. The molecule has 6 nitrogen and oxygen atoms in total. The topological polar surface area (TPSA) is 69.7 Å². The lowest BCUT2D eigenvalue weighted by Crippen LogP contribution is -2.54. The Kier molecular flexibility index (Phi) is 3.76. The molecular formula is C23H19ClFN3O3. The van der Waals surface area contributed by atoms with Gasteiger partial charge >= 0.3 is 0 Å².